The maximum absolute atomic E-state index is 5.29. The van der Waals surface area contributed by atoms with Crippen LogP contribution in [0.1, 0.15) is 57.2 Å². The Balaban J connectivity index is 1.87. The van der Waals surface area contributed by atoms with Gasteiger partial charge in [-0.2, -0.15) is 4.98 Å². The second-order valence-corrected chi connectivity index (χ2v) is 5.76. The van der Waals surface area contributed by atoms with Gasteiger partial charge in [-0.3, -0.25) is 0 Å². The van der Waals surface area contributed by atoms with Crippen LogP contribution in [0.5, 0.6) is 0 Å². The van der Waals surface area contributed by atoms with E-state index in [0.29, 0.717) is 5.92 Å². The highest BCUT2D eigenvalue weighted by molar-refractivity contribution is 4.98. The molecule has 0 unspecified atom stereocenters. The van der Waals surface area contributed by atoms with E-state index < -0.39 is 0 Å². The zero-order valence-electron chi connectivity index (χ0n) is 11.8. The van der Waals surface area contributed by atoms with Crippen LogP contribution in [0, 0.1) is 11.8 Å². The van der Waals surface area contributed by atoms with E-state index in [-0.39, 0.29) is 0 Å². The average Bonchev–Trinajstić information content (AvgIpc) is 2.85. The van der Waals surface area contributed by atoms with E-state index in [4.69, 9.17) is 4.52 Å². The lowest BCUT2D eigenvalue weighted by Gasteiger charge is -2.29. The van der Waals surface area contributed by atoms with E-state index in [1.165, 1.54) is 25.7 Å². The van der Waals surface area contributed by atoms with Crippen LogP contribution in [-0.2, 0) is 6.42 Å². The zero-order valence-corrected chi connectivity index (χ0v) is 11.8. The number of rotatable bonds is 5. The molecule has 1 fully saturated rings. The molecule has 4 nitrogen and oxygen atoms in total. The first-order valence-electron chi connectivity index (χ1n) is 7.17. The van der Waals surface area contributed by atoms with Crippen molar-refractivity contribution in [2.75, 3.05) is 13.6 Å². The number of nitrogens with zero attached hydrogens (tertiary/aromatic N) is 2. The van der Waals surface area contributed by atoms with Gasteiger partial charge in [-0.15, -0.1) is 0 Å². The van der Waals surface area contributed by atoms with Crippen LogP contribution in [0.3, 0.4) is 0 Å². The van der Waals surface area contributed by atoms with Crippen molar-refractivity contribution in [3.63, 3.8) is 0 Å². The predicted octanol–water partition coefficient (Wildman–Crippen LogP) is 2.76. The minimum absolute atomic E-state index is 0.520. The van der Waals surface area contributed by atoms with Crippen molar-refractivity contribution in [3.8, 4) is 0 Å². The summed E-state index contributed by atoms with van der Waals surface area (Å²) in [5, 5.41) is 7.24. The van der Waals surface area contributed by atoms with Crippen LogP contribution >= 0.6 is 0 Å². The Morgan fingerprint density at radius 3 is 2.61 bits per heavy atom. The molecule has 1 N–H and O–H groups in total. The molecule has 1 aliphatic carbocycles. The fraction of sp³-hybridized carbons (Fsp3) is 0.857. The van der Waals surface area contributed by atoms with E-state index >= 15 is 0 Å². The Kier molecular flexibility index (Phi) is 4.75. The summed E-state index contributed by atoms with van der Waals surface area (Å²) in [4.78, 5) is 4.52. The first-order valence-corrected chi connectivity index (χ1v) is 7.17. The lowest BCUT2D eigenvalue weighted by Crippen LogP contribution is -2.18. The molecule has 0 atom stereocenters. The van der Waals surface area contributed by atoms with Crippen LogP contribution < -0.4 is 5.32 Å². The summed E-state index contributed by atoms with van der Waals surface area (Å²) in [6.07, 6.45) is 5.87. The molecule has 0 bridgehead atoms. The van der Waals surface area contributed by atoms with E-state index in [0.717, 1.165) is 36.5 Å². The Morgan fingerprint density at radius 1 is 1.28 bits per heavy atom. The van der Waals surface area contributed by atoms with Crippen molar-refractivity contribution in [3.05, 3.63) is 11.7 Å². The average molecular weight is 251 g/mol. The highest BCUT2D eigenvalue weighted by Crippen LogP contribution is 2.37. The summed E-state index contributed by atoms with van der Waals surface area (Å²) in [6.45, 7) is 5.55. The van der Waals surface area contributed by atoms with Crippen molar-refractivity contribution < 1.29 is 4.52 Å². The van der Waals surface area contributed by atoms with E-state index in [1.807, 2.05) is 7.05 Å². The van der Waals surface area contributed by atoms with Gasteiger partial charge in [-0.05, 0) is 44.6 Å². The van der Waals surface area contributed by atoms with Gasteiger partial charge in [-0.1, -0.05) is 19.0 Å². The molecule has 102 valence electrons. The molecule has 1 aliphatic rings. The SMILES string of the molecule is CNCCc1nc(C2CCC(C(C)C)CC2)no1. The lowest BCUT2D eigenvalue weighted by atomic mass is 9.77. The summed E-state index contributed by atoms with van der Waals surface area (Å²) >= 11 is 0. The van der Waals surface area contributed by atoms with Crippen LogP contribution in [-0.4, -0.2) is 23.7 Å². The van der Waals surface area contributed by atoms with Crippen molar-refractivity contribution in [1.82, 2.24) is 15.5 Å². The third-order valence-corrected chi connectivity index (χ3v) is 4.15. The third-order valence-electron chi connectivity index (χ3n) is 4.15. The van der Waals surface area contributed by atoms with Gasteiger partial charge in [0.1, 0.15) is 0 Å². The molecule has 1 aromatic rings. The van der Waals surface area contributed by atoms with Gasteiger partial charge in [-0.25, -0.2) is 0 Å². The van der Waals surface area contributed by atoms with Gasteiger partial charge in [0, 0.05) is 18.9 Å². The third kappa shape index (κ3) is 3.31. The first kappa shape index (κ1) is 13.5. The number of nitrogens with one attached hydrogen (secondary N) is 1. The summed E-state index contributed by atoms with van der Waals surface area (Å²) in [5.41, 5.74) is 0. The van der Waals surface area contributed by atoms with Crippen LogP contribution in [0.15, 0.2) is 4.52 Å². The standard InChI is InChI=1S/C14H25N3O/c1-10(2)11-4-6-12(7-5-11)14-16-13(18-17-14)8-9-15-3/h10-12,15H,4-9H2,1-3H3. The molecule has 0 aliphatic heterocycles. The lowest BCUT2D eigenvalue weighted by molar-refractivity contribution is 0.251. The molecule has 0 radical (unpaired) electrons. The summed E-state index contributed by atoms with van der Waals surface area (Å²) < 4.78 is 5.29. The van der Waals surface area contributed by atoms with Crippen LogP contribution in [0.4, 0.5) is 0 Å². The summed E-state index contributed by atoms with van der Waals surface area (Å²) in [5.74, 6) is 3.92. The smallest absolute Gasteiger partial charge is 0.227 e. The topological polar surface area (TPSA) is 51.0 Å². The van der Waals surface area contributed by atoms with Gasteiger partial charge < -0.3 is 9.84 Å². The number of likely N-dealkylation sites (N-methyl/N-ethyl adjacent to an activating group) is 1. The van der Waals surface area contributed by atoms with Crippen LogP contribution in [0.2, 0.25) is 0 Å². The number of hydrogen-bond acceptors (Lipinski definition) is 4. The molecule has 1 heterocycles. The van der Waals surface area contributed by atoms with Crippen molar-refractivity contribution in [2.24, 2.45) is 11.8 Å². The molecular formula is C14H25N3O. The quantitative estimate of drug-likeness (QED) is 0.874. The molecule has 4 heteroatoms. The molecule has 0 aromatic carbocycles. The Morgan fingerprint density at radius 2 is 2.00 bits per heavy atom. The molecule has 1 saturated carbocycles. The highest BCUT2D eigenvalue weighted by atomic mass is 16.5. The van der Waals surface area contributed by atoms with E-state index in [2.05, 4.69) is 29.3 Å². The molecule has 0 amide bonds. The fourth-order valence-corrected chi connectivity index (χ4v) is 2.81. The largest absolute Gasteiger partial charge is 0.339 e. The summed E-state index contributed by atoms with van der Waals surface area (Å²) in [6, 6.07) is 0. The van der Waals surface area contributed by atoms with E-state index in [9.17, 15) is 0 Å². The normalized spacial score (nSPS) is 24.7. The van der Waals surface area contributed by atoms with Gasteiger partial charge in [0.05, 0.1) is 0 Å². The van der Waals surface area contributed by atoms with Crippen LogP contribution in [0.25, 0.3) is 0 Å². The van der Waals surface area contributed by atoms with Gasteiger partial charge in [0.25, 0.3) is 0 Å². The minimum Gasteiger partial charge on any atom is -0.339 e. The van der Waals surface area contributed by atoms with Gasteiger partial charge >= 0.3 is 0 Å². The Hall–Kier alpha value is -0.900. The second kappa shape index (κ2) is 6.32. The molecule has 0 saturated heterocycles. The summed E-state index contributed by atoms with van der Waals surface area (Å²) in [7, 11) is 1.93. The van der Waals surface area contributed by atoms with Crippen molar-refractivity contribution >= 4 is 0 Å². The second-order valence-electron chi connectivity index (χ2n) is 5.76. The zero-order chi connectivity index (χ0) is 13.0. The maximum Gasteiger partial charge on any atom is 0.227 e. The monoisotopic (exact) mass is 251 g/mol. The Bertz CT molecular complexity index is 354. The number of aromatic nitrogens is 2. The van der Waals surface area contributed by atoms with E-state index in [1.54, 1.807) is 0 Å². The predicted molar refractivity (Wildman–Crippen MR) is 71.5 cm³/mol. The molecule has 1 aromatic heterocycles. The minimum atomic E-state index is 0.520. The fourth-order valence-electron chi connectivity index (χ4n) is 2.81. The molecule has 0 spiro atoms. The van der Waals surface area contributed by atoms with Crippen molar-refractivity contribution in [2.45, 2.75) is 51.9 Å². The van der Waals surface area contributed by atoms with Gasteiger partial charge in [0.2, 0.25) is 5.89 Å². The molecular weight excluding hydrogens is 226 g/mol. The maximum atomic E-state index is 5.29. The van der Waals surface area contributed by atoms with Gasteiger partial charge in [0.15, 0.2) is 5.82 Å². The highest BCUT2D eigenvalue weighted by Gasteiger charge is 2.27. The molecule has 2 rings (SSSR count). The van der Waals surface area contributed by atoms with Crippen molar-refractivity contribution in [1.29, 1.82) is 0 Å². The Labute approximate surface area is 110 Å². The molecule has 18 heavy (non-hydrogen) atoms. The first-order chi connectivity index (χ1) is 8.70. The number of hydrogen-bond donors (Lipinski definition) is 1.